The average molecular weight is 462 g/mol. The Labute approximate surface area is 196 Å². The van der Waals surface area contributed by atoms with Gasteiger partial charge in [0.1, 0.15) is 5.56 Å². The Balaban J connectivity index is 1.93. The van der Waals surface area contributed by atoms with Crippen molar-refractivity contribution < 1.29 is 14.3 Å². The number of nitrogens with zero attached hydrogens (tertiary/aromatic N) is 2. The van der Waals surface area contributed by atoms with Crippen LogP contribution < -0.4 is 10.9 Å². The molecule has 1 amide bonds. The summed E-state index contributed by atoms with van der Waals surface area (Å²) in [5.41, 5.74) is 6.29. The highest BCUT2D eigenvalue weighted by molar-refractivity contribution is 6.33. The molecule has 6 nitrogen and oxygen atoms in total. The standard InChI is InChI=1S/C26H24ClN3O3/c1-14-5-8-23(22(27)9-14)30-26-21(25(32)29-19-7-6-15(2)16(3)10-19)11-20-18(13-31)12-28-17(4)24(20)33-26/h5-12,31H,13H2,1-4H3,(H,29,32). The van der Waals surface area contributed by atoms with Crippen molar-refractivity contribution in [3.05, 3.63) is 92.7 Å². The Morgan fingerprint density at radius 3 is 2.58 bits per heavy atom. The van der Waals surface area contributed by atoms with Gasteiger partial charge in [-0.3, -0.25) is 9.78 Å². The smallest absolute Gasteiger partial charge is 0.261 e. The third kappa shape index (κ3) is 4.67. The van der Waals surface area contributed by atoms with Crippen LogP contribution in [0.1, 0.15) is 38.3 Å². The maximum absolute atomic E-state index is 13.3. The van der Waals surface area contributed by atoms with Crippen molar-refractivity contribution in [1.82, 2.24) is 4.98 Å². The molecule has 168 valence electrons. The summed E-state index contributed by atoms with van der Waals surface area (Å²) in [4.78, 5) is 22.2. The molecule has 4 aromatic rings. The Bertz CT molecular complexity index is 1460. The quantitative estimate of drug-likeness (QED) is 0.408. The summed E-state index contributed by atoms with van der Waals surface area (Å²) in [6, 6.07) is 12.8. The Kier molecular flexibility index (Phi) is 6.31. The van der Waals surface area contributed by atoms with Gasteiger partial charge in [-0.05, 0) is 74.7 Å². The van der Waals surface area contributed by atoms with E-state index >= 15 is 0 Å². The number of nitrogens with one attached hydrogen (secondary N) is 1. The van der Waals surface area contributed by atoms with Gasteiger partial charge in [0.2, 0.25) is 5.55 Å². The fourth-order valence-electron chi connectivity index (χ4n) is 3.49. The first-order chi connectivity index (χ1) is 15.8. The number of aliphatic hydroxyl groups is 1. The van der Waals surface area contributed by atoms with Crippen molar-refractivity contribution >= 4 is 39.9 Å². The summed E-state index contributed by atoms with van der Waals surface area (Å²) in [5.74, 6) is -0.385. The second-order valence-corrected chi connectivity index (χ2v) is 8.46. The maximum Gasteiger partial charge on any atom is 0.261 e. The fourth-order valence-corrected chi connectivity index (χ4v) is 3.77. The van der Waals surface area contributed by atoms with Crippen molar-refractivity contribution in [2.24, 2.45) is 4.99 Å². The fraction of sp³-hybridized carbons (Fsp3) is 0.192. The van der Waals surface area contributed by atoms with E-state index in [1.165, 1.54) is 0 Å². The molecule has 0 bridgehead atoms. The zero-order valence-corrected chi connectivity index (χ0v) is 19.6. The maximum atomic E-state index is 13.3. The normalized spacial score (nSPS) is 11.8. The van der Waals surface area contributed by atoms with Crippen molar-refractivity contribution in [2.45, 2.75) is 34.3 Å². The van der Waals surface area contributed by atoms with Gasteiger partial charge in [-0.25, -0.2) is 4.99 Å². The van der Waals surface area contributed by atoms with Gasteiger partial charge in [0.25, 0.3) is 5.91 Å². The predicted molar refractivity (Wildman–Crippen MR) is 130 cm³/mol. The summed E-state index contributed by atoms with van der Waals surface area (Å²) in [5, 5.41) is 13.8. The molecule has 0 fully saturated rings. The van der Waals surface area contributed by atoms with Crippen LogP contribution in [0.5, 0.6) is 0 Å². The number of fused-ring (bicyclic) bond motifs is 1. The summed E-state index contributed by atoms with van der Waals surface area (Å²) in [7, 11) is 0. The van der Waals surface area contributed by atoms with E-state index in [1.54, 1.807) is 31.3 Å². The number of carbonyl (C=O) groups excluding carboxylic acids is 1. The number of halogens is 1. The van der Waals surface area contributed by atoms with Gasteiger partial charge < -0.3 is 14.8 Å². The molecule has 0 aliphatic rings. The molecule has 2 aromatic carbocycles. The summed E-state index contributed by atoms with van der Waals surface area (Å²) in [6.45, 7) is 7.49. The van der Waals surface area contributed by atoms with E-state index in [9.17, 15) is 9.90 Å². The minimum atomic E-state index is -0.385. The number of aliphatic hydroxyl groups excluding tert-OH is 1. The lowest BCUT2D eigenvalue weighted by Crippen LogP contribution is -2.22. The predicted octanol–water partition coefficient (Wildman–Crippen LogP) is 5.69. The molecular weight excluding hydrogens is 438 g/mol. The molecule has 2 N–H and O–H groups in total. The molecule has 7 heteroatoms. The Morgan fingerprint density at radius 1 is 1.09 bits per heavy atom. The minimum absolute atomic E-state index is 0.106. The number of rotatable bonds is 4. The van der Waals surface area contributed by atoms with E-state index in [1.807, 2.05) is 45.0 Å². The lowest BCUT2D eigenvalue weighted by atomic mass is 10.1. The van der Waals surface area contributed by atoms with E-state index in [4.69, 9.17) is 16.0 Å². The number of amides is 1. The van der Waals surface area contributed by atoms with Crippen molar-refractivity contribution in [1.29, 1.82) is 0 Å². The minimum Gasteiger partial charge on any atom is -0.436 e. The van der Waals surface area contributed by atoms with Gasteiger partial charge in [-0.1, -0.05) is 23.7 Å². The summed E-state index contributed by atoms with van der Waals surface area (Å²) < 4.78 is 6.10. The Hall–Kier alpha value is -3.48. The molecule has 0 saturated carbocycles. The first-order valence-electron chi connectivity index (χ1n) is 10.5. The van der Waals surface area contributed by atoms with Crippen molar-refractivity contribution in [2.75, 3.05) is 5.32 Å². The second kappa shape index (κ2) is 9.17. The lowest BCUT2D eigenvalue weighted by Gasteiger charge is -2.11. The van der Waals surface area contributed by atoms with Gasteiger partial charge in [0.15, 0.2) is 5.58 Å². The molecule has 2 aromatic heterocycles. The number of hydrogen-bond acceptors (Lipinski definition) is 5. The number of benzene rings is 2. The number of pyridine rings is 1. The van der Waals surface area contributed by atoms with Crippen LogP contribution in [0.4, 0.5) is 11.4 Å². The van der Waals surface area contributed by atoms with Crippen LogP contribution >= 0.6 is 11.6 Å². The topological polar surface area (TPSA) is 87.7 Å². The van der Waals surface area contributed by atoms with E-state index in [0.717, 1.165) is 16.7 Å². The van der Waals surface area contributed by atoms with Crippen molar-refractivity contribution in [3.63, 3.8) is 0 Å². The van der Waals surface area contributed by atoms with Gasteiger partial charge in [0, 0.05) is 22.8 Å². The van der Waals surface area contributed by atoms with Crippen LogP contribution in [-0.2, 0) is 6.61 Å². The van der Waals surface area contributed by atoms with Crippen LogP contribution in [0.15, 0.2) is 58.1 Å². The number of carbonyl (C=O) groups is 1. The molecule has 33 heavy (non-hydrogen) atoms. The highest BCUT2D eigenvalue weighted by Gasteiger charge is 2.17. The monoisotopic (exact) mass is 461 g/mol. The number of anilines is 1. The molecule has 0 saturated heterocycles. The first kappa shape index (κ1) is 22.7. The van der Waals surface area contributed by atoms with Gasteiger partial charge >= 0.3 is 0 Å². The highest BCUT2D eigenvalue weighted by atomic mass is 35.5. The second-order valence-electron chi connectivity index (χ2n) is 8.05. The summed E-state index contributed by atoms with van der Waals surface area (Å²) in [6.07, 6.45) is 1.58. The molecule has 0 radical (unpaired) electrons. The average Bonchev–Trinajstić information content (AvgIpc) is 2.78. The number of aryl methyl sites for hydroxylation is 4. The van der Waals surface area contributed by atoms with Crippen molar-refractivity contribution in [3.8, 4) is 0 Å². The van der Waals surface area contributed by atoms with E-state index in [0.29, 0.717) is 38.6 Å². The molecule has 0 unspecified atom stereocenters. The number of hydrogen-bond donors (Lipinski definition) is 2. The molecule has 0 atom stereocenters. The third-order valence-corrected chi connectivity index (χ3v) is 5.86. The zero-order valence-electron chi connectivity index (χ0n) is 18.9. The van der Waals surface area contributed by atoms with Gasteiger partial charge in [0.05, 0.1) is 23.0 Å². The van der Waals surface area contributed by atoms with Crippen LogP contribution in [0.25, 0.3) is 11.0 Å². The Morgan fingerprint density at radius 2 is 1.88 bits per heavy atom. The highest BCUT2D eigenvalue weighted by Crippen LogP contribution is 2.26. The van der Waals surface area contributed by atoms with E-state index in [-0.39, 0.29) is 23.6 Å². The van der Waals surface area contributed by atoms with Crippen LogP contribution in [0, 0.1) is 27.7 Å². The summed E-state index contributed by atoms with van der Waals surface area (Å²) >= 11 is 6.39. The van der Waals surface area contributed by atoms with E-state index < -0.39 is 0 Å². The third-order valence-electron chi connectivity index (χ3n) is 5.56. The van der Waals surface area contributed by atoms with Gasteiger partial charge in [-0.2, -0.15) is 0 Å². The van der Waals surface area contributed by atoms with E-state index in [2.05, 4.69) is 15.3 Å². The molecule has 4 rings (SSSR count). The SMILES string of the molecule is Cc1ccc(N=c2oc3c(C)ncc(CO)c3cc2C(=O)Nc2ccc(C)c(C)c2)c(Cl)c1. The molecule has 2 heterocycles. The first-order valence-corrected chi connectivity index (χ1v) is 10.9. The largest absolute Gasteiger partial charge is 0.436 e. The molecule has 0 aliphatic carbocycles. The van der Waals surface area contributed by atoms with Crippen LogP contribution in [-0.4, -0.2) is 16.0 Å². The zero-order chi connectivity index (χ0) is 23.7. The number of aromatic nitrogens is 1. The molecule has 0 aliphatic heterocycles. The molecular formula is C26H24ClN3O3. The lowest BCUT2D eigenvalue weighted by molar-refractivity contribution is 0.102. The van der Waals surface area contributed by atoms with Crippen LogP contribution in [0.3, 0.4) is 0 Å². The molecule has 0 spiro atoms. The van der Waals surface area contributed by atoms with Crippen LogP contribution in [0.2, 0.25) is 5.02 Å². The van der Waals surface area contributed by atoms with Gasteiger partial charge in [-0.15, -0.1) is 0 Å².